The zero-order valence-corrected chi connectivity index (χ0v) is 19.3. The van der Waals surface area contributed by atoms with Gasteiger partial charge >= 0.3 is 0 Å². The molecule has 2 aromatic heterocycles. The van der Waals surface area contributed by atoms with Crippen molar-refractivity contribution >= 4 is 34.7 Å². The molecular formula is C25H25FN4O3S. The normalized spacial score (nSPS) is 14.4. The summed E-state index contributed by atoms with van der Waals surface area (Å²) in [5.74, 6) is -1.67. The largest absolute Gasteiger partial charge is 0.351 e. The lowest BCUT2D eigenvalue weighted by molar-refractivity contribution is -0.126. The number of hydrogen-bond acceptors (Lipinski definition) is 5. The van der Waals surface area contributed by atoms with Crippen LogP contribution in [-0.2, 0) is 9.59 Å². The molecule has 9 heteroatoms. The standard InChI is InChI=1S/C25H25FN4O3S/c26-18-7-9-20(10-8-18)30(22(31)16-28-24(32)21-6-3-15-34-21)23(17-11-13-27-14-12-17)25(33)29-19-4-1-2-5-19/h3,6-15,19,23H,1-2,4-5,16H2,(H,28,32)(H,29,33). The van der Waals surface area contributed by atoms with Gasteiger partial charge in [-0.25, -0.2) is 4.39 Å². The average molecular weight is 481 g/mol. The second-order valence-electron chi connectivity index (χ2n) is 8.07. The summed E-state index contributed by atoms with van der Waals surface area (Å²) in [7, 11) is 0. The number of carbonyl (C=O) groups is 3. The molecule has 2 N–H and O–H groups in total. The Hall–Kier alpha value is -3.59. The molecule has 4 rings (SSSR count). The first kappa shape index (κ1) is 23.6. The molecule has 3 aromatic rings. The number of nitrogens with zero attached hydrogens (tertiary/aromatic N) is 2. The monoisotopic (exact) mass is 480 g/mol. The molecule has 1 aliphatic rings. The zero-order valence-electron chi connectivity index (χ0n) is 18.4. The summed E-state index contributed by atoms with van der Waals surface area (Å²) >= 11 is 1.27. The highest BCUT2D eigenvalue weighted by molar-refractivity contribution is 7.12. The number of pyridine rings is 1. The van der Waals surface area contributed by atoms with Crippen molar-refractivity contribution in [2.24, 2.45) is 0 Å². The minimum atomic E-state index is -1.01. The first-order valence-corrected chi connectivity index (χ1v) is 12.0. The third-order valence-corrected chi connectivity index (χ3v) is 6.62. The van der Waals surface area contributed by atoms with Crippen LogP contribution in [0.5, 0.6) is 0 Å². The SMILES string of the molecule is O=C(NCC(=O)N(c1ccc(F)cc1)C(C(=O)NC1CCCC1)c1ccncc1)c1cccs1. The summed E-state index contributed by atoms with van der Waals surface area (Å²) in [6.45, 7) is -0.327. The maximum Gasteiger partial charge on any atom is 0.261 e. The quantitative estimate of drug-likeness (QED) is 0.512. The number of benzene rings is 1. The highest BCUT2D eigenvalue weighted by atomic mass is 32.1. The van der Waals surface area contributed by atoms with Crippen LogP contribution in [0.2, 0.25) is 0 Å². The van der Waals surface area contributed by atoms with E-state index in [1.54, 1.807) is 42.0 Å². The summed E-state index contributed by atoms with van der Waals surface area (Å²) in [5, 5.41) is 7.47. The van der Waals surface area contributed by atoms with E-state index in [9.17, 15) is 18.8 Å². The first-order chi connectivity index (χ1) is 16.5. The number of amides is 3. The summed E-state index contributed by atoms with van der Waals surface area (Å²) in [4.78, 5) is 45.2. The van der Waals surface area contributed by atoms with Gasteiger partial charge in [0.2, 0.25) is 11.8 Å². The van der Waals surface area contributed by atoms with Crippen molar-refractivity contribution < 1.29 is 18.8 Å². The maximum absolute atomic E-state index is 13.7. The molecule has 7 nitrogen and oxygen atoms in total. The number of carbonyl (C=O) groups excluding carboxylic acids is 3. The van der Waals surface area contributed by atoms with Crippen molar-refractivity contribution in [1.82, 2.24) is 15.6 Å². The first-order valence-electron chi connectivity index (χ1n) is 11.1. The van der Waals surface area contributed by atoms with Crippen molar-refractivity contribution in [1.29, 1.82) is 0 Å². The van der Waals surface area contributed by atoms with Gasteiger partial charge in [0.05, 0.1) is 11.4 Å². The molecule has 0 radical (unpaired) electrons. The maximum atomic E-state index is 13.7. The molecule has 0 aliphatic heterocycles. The van der Waals surface area contributed by atoms with E-state index >= 15 is 0 Å². The number of halogens is 1. The van der Waals surface area contributed by atoms with E-state index in [2.05, 4.69) is 15.6 Å². The summed E-state index contributed by atoms with van der Waals surface area (Å²) in [6.07, 6.45) is 6.96. The summed E-state index contributed by atoms with van der Waals surface area (Å²) in [5.41, 5.74) is 0.910. The molecule has 1 atom stereocenters. The fourth-order valence-electron chi connectivity index (χ4n) is 4.09. The van der Waals surface area contributed by atoms with Crippen LogP contribution in [0.4, 0.5) is 10.1 Å². The van der Waals surface area contributed by atoms with E-state index < -0.39 is 17.8 Å². The Morgan fingerprint density at radius 2 is 1.76 bits per heavy atom. The van der Waals surface area contributed by atoms with Gasteiger partial charge in [0.1, 0.15) is 11.9 Å². The van der Waals surface area contributed by atoms with E-state index in [1.807, 2.05) is 0 Å². The van der Waals surface area contributed by atoms with Gasteiger partial charge in [-0.3, -0.25) is 24.3 Å². The van der Waals surface area contributed by atoms with E-state index in [4.69, 9.17) is 0 Å². The van der Waals surface area contributed by atoms with Crippen LogP contribution in [0.1, 0.15) is 47.0 Å². The van der Waals surface area contributed by atoms with E-state index in [1.165, 1.54) is 40.5 Å². The van der Waals surface area contributed by atoms with Gasteiger partial charge in [0, 0.05) is 24.1 Å². The predicted molar refractivity (Wildman–Crippen MR) is 128 cm³/mol. The Labute approximate surface area is 201 Å². The number of aromatic nitrogens is 1. The smallest absolute Gasteiger partial charge is 0.261 e. The lowest BCUT2D eigenvalue weighted by atomic mass is 10.0. The molecule has 1 aromatic carbocycles. The molecular weight excluding hydrogens is 455 g/mol. The predicted octanol–water partition coefficient (Wildman–Crippen LogP) is 3.85. The lowest BCUT2D eigenvalue weighted by Gasteiger charge is -2.32. The topological polar surface area (TPSA) is 91.4 Å². The number of rotatable bonds is 8. The summed E-state index contributed by atoms with van der Waals surface area (Å²) in [6, 6.07) is 11.2. The number of hydrogen-bond donors (Lipinski definition) is 2. The molecule has 3 amide bonds. The van der Waals surface area contributed by atoms with E-state index in [0.29, 0.717) is 16.1 Å². The summed E-state index contributed by atoms with van der Waals surface area (Å²) < 4.78 is 13.7. The van der Waals surface area contributed by atoms with Gasteiger partial charge in [0.15, 0.2) is 0 Å². The van der Waals surface area contributed by atoms with Gasteiger partial charge in [-0.2, -0.15) is 0 Å². The Kier molecular flexibility index (Phi) is 7.64. The van der Waals surface area contributed by atoms with Gasteiger partial charge in [-0.05, 0) is 66.2 Å². The molecule has 2 heterocycles. The van der Waals surface area contributed by atoms with E-state index in [-0.39, 0.29) is 24.4 Å². The van der Waals surface area contributed by atoms with Gasteiger partial charge in [-0.15, -0.1) is 11.3 Å². The Balaban J connectivity index is 1.65. The highest BCUT2D eigenvalue weighted by Crippen LogP contribution is 2.29. The third-order valence-electron chi connectivity index (χ3n) is 5.75. The van der Waals surface area contributed by atoms with Crippen molar-refractivity contribution in [3.05, 3.63) is 82.6 Å². The van der Waals surface area contributed by atoms with Crippen molar-refractivity contribution in [3.8, 4) is 0 Å². The number of nitrogens with one attached hydrogen (secondary N) is 2. The van der Waals surface area contributed by atoms with Gasteiger partial charge in [0.25, 0.3) is 5.91 Å². The number of anilines is 1. The minimum Gasteiger partial charge on any atom is -0.351 e. The molecule has 1 aliphatic carbocycles. The van der Waals surface area contributed by atoms with Crippen LogP contribution in [0, 0.1) is 5.82 Å². The van der Waals surface area contributed by atoms with Crippen molar-refractivity contribution in [2.75, 3.05) is 11.4 Å². The van der Waals surface area contributed by atoms with Gasteiger partial charge in [-0.1, -0.05) is 18.9 Å². The molecule has 1 fully saturated rings. The Morgan fingerprint density at radius 1 is 1.06 bits per heavy atom. The minimum absolute atomic E-state index is 0.0422. The van der Waals surface area contributed by atoms with Gasteiger partial charge < -0.3 is 10.6 Å². The van der Waals surface area contributed by atoms with Crippen LogP contribution in [0.25, 0.3) is 0 Å². The van der Waals surface area contributed by atoms with Crippen LogP contribution >= 0.6 is 11.3 Å². The molecule has 1 unspecified atom stereocenters. The second kappa shape index (κ2) is 11.0. The Bertz CT molecular complexity index is 1120. The average Bonchev–Trinajstić information content (AvgIpc) is 3.57. The van der Waals surface area contributed by atoms with Crippen LogP contribution in [0.3, 0.4) is 0 Å². The number of thiophene rings is 1. The van der Waals surface area contributed by atoms with E-state index in [0.717, 1.165) is 25.7 Å². The van der Waals surface area contributed by atoms with Crippen molar-refractivity contribution in [3.63, 3.8) is 0 Å². The lowest BCUT2D eigenvalue weighted by Crippen LogP contribution is -2.49. The van der Waals surface area contributed by atoms with Crippen LogP contribution < -0.4 is 15.5 Å². The molecule has 0 saturated heterocycles. The van der Waals surface area contributed by atoms with Crippen LogP contribution in [-0.4, -0.2) is 35.3 Å². The highest BCUT2D eigenvalue weighted by Gasteiger charge is 2.34. The fraction of sp³-hybridized carbons (Fsp3) is 0.280. The Morgan fingerprint density at radius 3 is 2.41 bits per heavy atom. The molecule has 0 spiro atoms. The fourth-order valence-corrected chi connectivity index (χ4v) is 4.73. The van der Waals surface area contributed by atoms with Crippen molar-refractivity contribution in [2.45, 2.75) is 37.8 Å². The third kappa shape index (κ3) is 5.66. The molecule has 0 bridgehead atoms. The molecule has 176 valence electrons. The zero-order chi connectivity index (χ0) is 23.9. The second-order valence-corrected chi connectivity index (χ2v) is 9.02. The molecule has 34 heavy (non-hydrogen) atoms. The molecule has 1 saturated carbocycles. The van der Waals surface area contributed by atoms with Crippen LogP contribution in [0.15, 0.2) is 66.3 Å².